The number of rotatable bonds is 6. The largest absolute Gasteiger partial charge is 0.466 e. The van der Waals surface area contributed by atoms with Gasteiger partial charge in [0.25, 0.3) is 11.6 Å². The molecule has 0 aromatic heterocycles. The number of aryl methyl sites for hydroxylation is 2. The van der Waals surface area contributed by atoms with Gasteiger partial charge in [-0.25, -0.2) is 4.79 Å². The third kappa shape index (κ3) is 3.61. The number of β-amino-alcohol motifs (C(OH)–C–C–N with tert-alkyl or cyclic N) is 1. The van der Waals surface area contributed by atoms with E-state index in [1.54, 1.807) is 19.9 Å². The highest BCUT2D eigenvalue weighted by Crippen LogP contribution is 2.31. The SMILES string of the molecule is COC(=O)C1=C(Nc2cc(C)c(C)cc2[N+](=O)[O-])C(=O)N(CCO)C1. The molecule has 1 aromatic carbocycles. The van der Waals surface area contributed by atoms with E-state index in [1.807, 2.05) is 0 Å². The second-order valence-electron chi connectivity index (χ2n) is 5.63. The molecule has 0 saturated carbocycles. The Kier molecular flexibility index (Phi) is 5.38. The summed E-state index contributed by atoms with van der Waals surface area (Å²) in [6.45, 7) is 3.27. The first-order chi connectivity index (χ1) is 11.8. The van der Waals surface area contributed by atoms with Crippen LogP contribution >= 0.6 is 0 Å². The van der Waals surface area contributed by atoms with Crippen molar-refractivity contribution in [2.75, 3.05) is 32.1 Å². The van der Waals surface area contributed by atoms with E-state index >= 15 is 0 Å². The number of anilines is 1. The molecule has 1 aliphatic rings. The molecule has 0 fully saturated rings. The normalized spacial score (nSPS) is 14.1. The summed E-state index contributed by atoms with van der Waals surface area (Å²) in [5.41, 5.74) is 1.43. The number of hydrogen-bond donors (Lipinski definition) is 2. The fourth-order valence-electron chi connectivity index (χ4n) is 2.54. The average molecular weight is 349 g/mol. The monoisotopic (exact) mass is 349 g/mol. The van der Waals surface area contributed by atoms with Crippen LogP contribution < -0.4 is 5.32 Å². The quantitative estimate of drug-likeness (QED) is 0.444. The molecule has 1 amide bonds. The van der Waals surface area contributed by atoms with Gasteiger partial charge in [-0.15, -0.1) is 0 Å². The summed E-state index contributed by atoms with van der Waals surface area (Å²) in [5, 5.41) is 23.1. The minimum atomic E-state index is -0.706. The van der Waals surface area contributed by atoms with Crippen LogP contribution in [-0.2, 0) is 14.3 Å². The van der Waals surface area contributed by atoms with Gasteiger partial charge in [0.05, 0.1) is 30.8 Å². The summed E-state index contributed by atoms with van der Waals surface area (Å²) >= 11 is 0. The van der Waals surface area contributed by atoms with E-state index in [-0.39, 0.29) is 42.3 Å². The molecule has 9 nitrogen and oxygen atoms in total. The second kappa shape index (κ2) is 7.31. The van der Waals surface area contributed by atoms with Gasteiger partial charge in [0.15, 0.2) is 0 Å². The van der Waals surface area contributed by atoms with Gasteiger partial charge in [0.2, 0.25) is 0 Å². The third-order valence-electron chi connectivity index (χ3n) is 4.02. The number of amides is 1. The summed E-state index contributed by atoms with van der Waals surface area (Å²) in [4.78, 5) is 36.5. The zero-order chi connectivity index (χ0) is 18.7. The van der Waals surface area contributed by atoms with Crippen LogP contribution in [-0.4, -0.2) is 53.6 Å². The first kappa shape index (κ1) is 18.4. The molecule has 0 bridgehead atoms. The maximum absolute atomic E-state index is 12.5. The van der Waals surface area contributed by atoms with Gasteiger partial charge in [-0.3, -0.25) is 14.9 Å². The van der Waals surface area contributed by atoms with Crippen molar-refractivity contribution in [1.29, 1.82) is 0 Å². The van der Waals surface area contributed by atoms with Crippen molar-refractivity contribution in [2.45, 2.75) is 13.8 Å². The van der Waals surface area contributed by atoms with Gasteiger partial charge in [-0.1, -0.05) is 0 Å². The summed E-state index contributed by atoms with van der Waals surface area (Å²) in [6.07, 6.45) is 0. The maximum Gasteiger partial charge on any atom is 0.337 e. The second-order valence-corrected chi connectivity index (χ2v) is 5.63. The Morgan fingerprint density at radius 3 is 2.60 bits per heavy atom. The molecule has 1 aliphatic heterocycles. The zero-order valence-electron chi connectivity index (χ0n) is 14.2. The minimum Gasteiger partial charge on any atom is -0.466 e. The zero-order valence-corrected chi connectivity index (χ0v) is 14.2. The first-order valence-corrected chi connectivity index (χ1v) is 7.54. The molecule has 9 heteroatoms. The van der Waals surface area contributed by atoms with E-state index in [1.165, 1.54) is 18.1 Å². The maximum atomic E-state index is 12.5. The van der Waals surface area contributed by atoms with Gasteiger partial charge in [0, 0.05) is 12.6 Å². The van der Waals surface area contributed by atoms with Crippen LogP contribution in [0.4, 0.5) is 11.4 Å². The number of ether oxygens (including phenoxy) is 1. The molecule has 1 heterocycles. The number of methoxy groups -OCH3 is 1. The number of benzene rings is 1. The van der Waals surface area contributed by atoms with Gasteiger partial charge >= 0.3 is 5.97 Å². The lowest BCUT2D eigenvalue weighted by atomic mass is 10.1. The van der Waals surface area contributed by atoms with Crippen molar-refractivity contribution in [2.24, 2.45) is 0 Å². The number of nitro benzene ring substituents is 1. The molecule has 2 rings (SSSR count). The summed E-state index contributed by atoms with van der Waals surface area (Å²) in [7, 11) is 1.19. The van der Waals surface area contributed by atoms with Crippen LogP contribution in [0.1, 0.15) is 11.1 Å². The summed E-state index contributed by atoms with van der Waals surface area (Å²) < 4.78 is 4.69. The minimum absolute atomic E-state index is 0.0347. The van der Waals surface area contributed by atoms with E-state index in [0.29, 0.717) is 0 Å². The summed E-state index contributed by atoms with van der Waals surface area (Å²) in [5.74, 6) is -1.23. The van der Waals surface area contributed by atoms with Crippen molar-refractivity contribution in [3.63, 3.8) is 0 Å². The molecule has 25 heavy (non-hydrogen) atoms. The Bertz CT molecular complexity index is 771. The number of esters is 1. The van der Waals surface area contributed by atoms with Gasteiger partial charge in [0.1, 0.15) is 11.4 Å². The molecule has 1 aromatic rings. The average Bonchev–Trinajstić information content (AvgIpc) is 2.87. The highest BCUT2D eigenvalue weighted by atomic mass is 16.6. The molecule has 0 spiro atoms. The van der Waals surface area contributed by atoms with E-state index in [9.17, 15) is 19.7 Å². The topological polar surface area (TPSA) is 122 Å². The lowest BCUT2D eigenvalue weighted by molar-refractivity contribution is -0.384. The molecule has 134 valence electrons. The van der Waals surface area contributed by atoms with Crippen molar-refractivity contribution in [1.82, 2.24) is 4.90 Å². The van der Waals surface area contributed by atoms with Crippen LogP contribution in [0.3, 0.4) is 0 Å². The van der Waals surface area contributed by atoms with Crippen LogP contribution in [0.5, 0.6) is 0 Å². The molecule has 0 radical (unpaired) electrons. The molecular weight excluding hydrogens is 330 g/mol. The van der Waals surface area contributed by atoms with Crippen LogP contribution in [0.25, 0.3) is 0 Å². The number of carbonyl (C=O) groups is 2. The molecule has 0 unspecified atom stereocenters. The third-order valence-corrected chi connectivity index (χ3v) is 4.02. The Morgan fingerprint density at radius 2 is 2.04 bits per heavy atom. The Morgan fingerprint density at radius 1 is 1.40 bits per heavy atom. The Balaban J connectivity index is 2.48. The fourth-order valence-corrected chi connectivity index (χ4v) is 2.54. The molecular formula is C16H19N3O6. The van der Waals surface area contributed by atoms with Crippen LogP contribution in [0.15, 0.2) is 23.4 Å². The van der Waals surface area contributed by atoms with E-state index in [4.69, 9.17) is 5.11 Å². The van der Waals surface area contributed by atoms with Crippen LogP contribution in [0.2, 0.25) is 0 Å². The Hall–Kier alpha value is -2.94. The van der Waals surface area contributed by atoms with E-state index in [2.05, 4.69) is 10.1 Å². The van der Waals surface area contributed by atoms with Crippen LogP contribution in [0, 0.1) is 24.0 Å². The first-order valence-electron chi connectivity index (χ1n) is 7.54. The smallest absolute Gasteiger partial charge is 0.337 e. The standard InChI is InChI=1S/C16H19N3O6/c1-9-6-12(13(19(23)24)7-10(9)2)17-14-11(16(22)25-3)8-18(4-5-20)15(14)21/h6-7,17,20H,4-5,8H2,1-3H3. The highest BCUT2D eigenvalue weighted by molar-refractivity contribution is 6.08. The number of aliphatic hydroxyl groups is 1. The number of aliphatic hydroxyl groups excluding tert-OH is 1. The van der Waals surface area contributed by atoms with Gasteiger partial charge in [-0.2, -0.15) is 0 Å². The number of nitrogens with one attached hydrogen (secondary N) is 1. The van der Waals surface area contributed by atoms with Gasteiger partial charge < -0.3 is 20.1 Å². The van der Waals surface area contributed by atoms with Crippen molar-refractivity contribution < 1.29 is 24.4 Å². The highest BCUT2D eigenvalue weighted by Gasteiger charge is 2.35. The predicted molar refractivity (Wildman–Crippen MR) is 88.9 cm³/mol. The number of carbonyl (C=O) groups excluding carboxylic acids is 2. The predicted octanol–water partition coefficient (Wildman–Crippen LogP) is 0.885. The lowest BCUT2D eigenvalue weighted by Gasteiger charge is -2.15. The molecule has 0 atom stereocenters. The number of hydrogen-bond acceptors (Lipinski definition) is 7. The van der Waals surface area contributed by atoms with Gasteiger partial charge in [-0.05, 0) is 31.0 Å². The van der Waals surface area contributed by atoms with Crippen molar-refractivity contribution in [3.05, 3.63) is 44.6 Å². The van der Waals surface area contributed by atoms with Crippen molar-refractivity contribution in [3.8, 4) is 0 Å². The van der Waals surface area contributed by atoms with E-state index in [0.717, 1.165) is 11.1 Å². The molecule has 0 aliphatic carbocycles. The van der Waals surface area contributed by atoms with E-state index < -0.39 is 16.8 Å². The lowest BCUT2D eigenvalue weighted by Crippen LogP contribution is -2.31. The fraction of sp³-hybridized carbons (Fsp3) is 0.375. The molecule has 0 saturated heterocycles. The summed E-state index contributed by atoms with van der Waals surface area (Å²) in [6, 6.07) is 2.96. The Labute approximate surface area is 144 Å². The molecule has 2 N–H and O–H groups in total. The number of nitrogens with zero attached hydrogens (tertiary/aromatic N) is 2. The van der Waals surface area contributed by atoms with Crippen molar-refractivity contribution >= 4 is 23.3 Å². The number of nitro groups is 1.